The Morgan fingerprint density at radius 2 is 1.01 bits per heavy atom. The minimum Gasteiger partial charge on any atom is -0.494 e. The lowest BCUT2D eigenvalue weighted by molar-refractivity contribution is -0.141. The van der Waals surface area contributed by atoms with Crippen molar-refractivity contribution in [2.75, 3.05) is 44.7 Å². The molecule has 0 unspecified atom stereocenters. The van der Waals surface area contributed by atoms with Crippen LogP contribution in [0.2, 0.25) is 0 Å². The zero-order valence-electron chi connectivity index (χ0n) is 45.5. The Labute approximate surface area is 472 Å². The Hall–Kier alpha value is -7.79. The molecular formula is C63H73N3O13S. The first-order chi connectivity index (χ1) is 39.1. The second kappa shape index (κ2) is 32.3. The highest BCUT2D eigenvalue weighted by atomic mass is 32.1. The number of aromatic nitrogens is 1. The van der Waals surface area contributed by atoms with E-state index in [9.17, 15) is 24.0 Å². The summed E-state index contributed by atoms with van der Waals surface area (Å²) in [5.41, 5.74) is 1.35. The van der Waals surface area contributed by atoms with Crippen molar-refractivity contribution in [1.29, 1.82) is 0 Å². The van der Waals surface area contributed by atoms with Gasteiger partial charge in [0.1, 0.15) is 34.5 Å². The predicted octanol–water partition coefficient (Wildman–Crippen LogP) is 12.8. The third-order valence-electron chi connectivity index (χ3n) is 14.0. The van der Waals surface area contributed by atoms with E-state index < -0.39 is 17.8 Å². The molecule has 424 valence electrons. The third-order valence-corrected chi connectivity index (χ3v) is 15.0. The molecular weight excluding hydrogens is 1040 g/mol. The van der Waals surface area contributed by atoms with Gasteiger partial charge in [-0.2, -0.15) is 10.1 Å². The summed E-state index contributed by atoms with van der Waals surface area (Å²) in [4.78, 5) is 66.6. The topological polar surface area (TPSA) is 188 Å². The minimum absolute atomic E-state index is 0.196. The summed E-state index contributed by atoms with van der Waals surface area (Å²) in [6.07, 6.45) is 18.1. The van der Waals surface area contributed by atoms with Gasteiger partial charge in [0.2, 0.25) is 5.13 Å². The summed E-state index contributed by atoms with van der Waals surface area (Å²) in [6.45, 7) is 13.2. The van der Waals surface area contributed by atoms with Crippen molar-refractivity contribution in [2.45, 2.75) is 103 Å². The average molecular weight is 1110 g/mol. The molecule has 1 aromatic heterocycles. The van der Waals surface area contributed by atoms with E-state index >= 15 is 0 Å². The first-order valence-corrected chi connectivity index (χ1v) is 28.6. The highest BCUT2D eigenvalue weighted by Crippen LogP contribution is 2.35. The molecule has 2 fully saturated rings. The molecule has 0 N–H and O–H groups in total. The number of amides is 1. The molecule has 1 amide bonds. The number of nitrogens with zero attached hydrogens (tertiary/aromatic N) is 3. The monoisotopic (exact) mass is 1110 g/mol. The number of esters is 4. The second-order valence-electron chi connectivity index (χ2n) is 19.9. The molecule has 0 aliphatic heterocycles. The van der Waals surface area contributed by atoms with Crippen LogP contribution in [-0.4, -0.2) is 80.6 Å². The number of unbranched alkanes of at least 4 members (excludes halogenated alkanes) is 6. The Bertz CT molecular complexity index is 2820. The molecule has 1 heterocycles. The van der Waals surface area contributed by atoms with Crippen LogP contribution in [0, 0.1) is 23.7 Å². The van der Waals surface area contributed by atoms with Gasteiger partial charge >= 0.3 is 23.9 Å². The zero-order chi connectivity index (χ0) is 56.3. The summed E-state index contributed by atoms with van der Waals surface area (Å²) in [6, 6.07) is 27.4. The smallest absolute Gasteiger partial charge is 0.330 e. The molecule has 16 nitrogen and oxygen atoms in total. The minimum atomic E-state index is -0.442. The van der Waals surface area contributed by atoms with Gasteiger partial charge in [0.05, 0.1) is 67.9 Å². The Balaban J connectivity index is 0.869. The fourth-order valence-electron chi connectivity index (χ4n) is 9.32. The average Bonchev–Trinajstić information content (AvgIpc) is 3.92. The van der Waals surface area contributed by atoms with Crippen molar-refractivity contribution in [3.05, 3.63) is 135 Å². The number of rotatable bonds is 32. The fraction of sp³-hybridized carbons (Fsp3) is 0.413. The van der Waals surface area contributed by atoms with Crippen LogP contribution in [0.1, 0.15) is 108 Å². The fourth-order valence-corrected chi connectivity index (χ4v) is 10.3. The van der Waals surface area contributed by atoms with Crippen LogP contribution in [0.15, 0.2) is 134 Å². The van der Waals surface area contributed by atoms with Crippen molar-refractivity contribution < 1.29 is 61.9 Å². The normalized spacial score (nSPS) is 16.9. The Morgan fingerprint density at radius 3 is 1.51 bits per heavy atom. The summed E-state index contributed by atoms with van der Waals surface area (Å²) in [5, 5.41) is 6.26. The SMILES string of the molecule is C=CC(=O)OCCCCCCOc1ccc(OC(=O)C2CCC(COc3ccc(OCC4CCC(C(=O)Oc5ccc(OCCCCCCOC(=O)C=C)cc5)CC4)c(/C=N/N(C(=O)C=C)c4nc5ccccc5s4)c3)CC2)cc1. The molecule has 0 spiro atoms. The molecule has 2 aliphatic carbocycles. The highest BCUT2D eigenvalue weighted by Gasteiger charge is 2.30. The van der Waals surface area contributed by atoms with Crippen LogP contribution >= 0.6 is 11.3 Å². The molecule has 0 atom stereocenters. The first kappa shape index (κ1) is 59.9. The van der Waals surface area contributed by atoms with E-state index in [1.807, 2.05) is 42.5 Å². The Morgan fingerprint density at radius 1 is 0.537 bits per heavy atom. The second-order valence-corrected chi connectivity index (χ2v) is 20.9. The maximum Gasteiger partial charge on any atom is 0.330 e. The molecule has 5 aromatic rings. The van der Waals surface area contributed by atoms with Crippen LogP contribution in [0.5, 0.6) is 34.5 Å². The van der Waals surface area contributed by atoms with Gasteiger partial charge in [-0.05, 0) is 200 Å². The summed E-state index contributed by atoms with van der Waals surface area (Å²) in [5.74, 6) is 1.76. The molecule has 4 aromatic carbocycles. The van der Waals surface area contributed by atoms with Gasteiger partial charge in [-0.3, -0.25) is 14.4 Å². The maximum atomic E-state index is 13.3. The molecule has 7 rings (SSSR count). The van der Waals surface area contributed by atoms with E-state index in [4.69, 9.17) is 37.9 Å². The van der Waals surface area contributed by atoms with Crippen molar-refractivity contribution in [2.24, 2.45) is 28.8 Å². The van der Waals surface area contributed by atoms with Crippen LogP contribution in [0.4, 0.5) is 5.13 Å². The number of benzene rings is 4. The number of anilines is 1. The highest BCUT2D eigenvalue weighted by molar-refractivity contribution is 7.22. The van der Waals surface area contributed by atoms with Gasteiger partial charge in [0.15, 0.2) is 0 Å². The van der Waals surface area contributed by atoms with Gasteiger partial charge < -0.3 is 37.9 Å². The lowest BCUT2D eigenvalue weighted by atomic mass is 9.82. The molecule has 2 saturated carbocycles. The lowest BCUT2D eigenvalue weighted by Gasteiger charge is -2.28. The number of hydrogen-bond donors (Lipinski definition) is 0. The number of carbonyl (C=O) groups is 5. The van der Waals surface area contributed by atoms with E-state index in [2.05, 4.69) is 29.8 Å². The van der Waals surface area contributed by atoms with Gasteiger partial charge in [-0.25, -0.2) is 14.6 Å². The van der Waals surface area contributed by atoms with Gasteiger partial charge in [-0.1, -0.05) is 43.2 Å². The predicted molar refractivity (Wildman–Crippen MR) is 308 cm³/mol. The molecule has 0 radical (unpaired) electrons. The van der Waals surface area contributed by atoms with E-state index in [1.165, 1.54) is 22.4 Å². The number of para-hydroxylation sites is 1. The van der Waals surface area contributed by atoms with Crippen molar-refractivity contribution in [3.8, 4) is 34.5 Å². The number of hydrogen-bond acceptors (Lipinski definition) is 16. The van der Waals surface area contributed by atoms with Gasteiger partial charge in [-0.15, -0.1) is 0 Å². The number of hydrazone groups is 1. The summed E-state index contributed by atoms with van der Waals surface area (Å²) < 4.78 is 47.1. The molecule has 80 heavy (non-hydrogen) atoms. The van der Waals surface area contributed by atoms with Crippen molar-refractivity contribution in [3.63, 3.8) is 0 Å². The largest absolute Gasteiger partial charge is 0.494 e. The number of thiazole rings is 1. The van der Waals surface area contributed by atoms with E-state index in [0.717, 1.165) is 99.4 Å². The zero-order valence-corrected chi connectivity index (χ0v) is 46.3. The number of carbonyl (C=O) groups excluding carboxylic acids is 5. The van der Waals surface area contributed by atoms with E-state index in [-0.39, 0.29) is 35.6 Å². The first-order valence-electron chi connectivity index (χ1n) is 27.8. The molecule has 17 heteroatoms. The third kappa shape index (κ3) is 19.5. The van der Waals surface area contributed by atoms with Crippen LogP contribution in [-0.2, 0) is 33.4 Å². The molecule has 2 aliphatic rings. The quantitative estimate of drug-likeness (QED) is 0.00988. The molecule has 0 saturated heterocycles. The van der Waals surface area contributed by atoms with Crippen LogP contribution in [0.3, 0.4) is 0 Å². The lowest BCUT2D eigenvalue weighted by Crippen LogP contribution is -2.28. The standard InChI is InChI=1S/C63H73N3O13S/c1-4-58(67)66(63-65-55-17-11-12-18-57(55)80-63)64-42-49-41-54(76-43-45-19-23-47(24-20-45)61(70)78-52-31-27-50(28-32-52)72-37-13-7-9-15-39-74-59(68)5-2)35-36-56(49)77-44-46-21-25-48(26-22-46)62(71)79-53-33-29-51(30-34-53)73-38-14-8-10-16-40-75-60(69)6-3/h4-6,11-12,17-18,27-36,41-42,45-48H,1-3,7-10,13-16,19-26,37-40,43-44H2/b64-42+. The van der Waals surface area contributed by atoms with Gasteiger partial charge in [0, 0.05) is 17.7 Å². The number of fused-ring (bicyclic) bond motifs is 1. The van der Waals surface area contributed by atoms with Crippen LogP contribution < -0.4 is 33.4 Å². The summed E-state index contributed by atoms with van der Waals surface area (Å²) in [7, 11) is 0. The van der Waals surface area contributed by atoms with Crippen molar-refractivity contribution in [1.82, 2.24) is 4.98 Å². The Kier molecular flexibility index (Phi) is 24.2. The van der Waals surface area contributed by atoms with E-state index in [0.29, 0.717) is 111 Å². The molecule has 0 bridgehead atoms. The summed E-state index contributed by atoms with van der Waals surface area (Å²) >= 11 is 1.35. The number of ether oxygens (including phenoxy) is 8. The van der Waals surface area contributed by atoms with Crippen LogP contribution in [0.25, 0.3) is 10.2 Å². The maximum absolute atomic E-state index is 13.3. The van der Waals surface area contributed by atoms with E-state index in [1.54, 1.807) is 54.7 Å². The van der Waals surface area contributed by atoms with Crippen molar-refractivity contribution >= 4 is 62.7 Å². The van der Waals surface area contributed by atoms with Gasteiger partial charge in [0.25, 0.3) is 5.91 Å².